The van der Waals surface area contributed by atoms with E-state index in [2.05, 4.69) is 46.0 Å². The van der Waals surface area contributed by atoms with Crippen LogP contribution in [0.3, 0.4) is 0 Å². The molecule has 0 spiro atoms. The van der Waals surface area contributed by atoms with E-state index in [-0.39, 0.29) is 5.91 Å². The first-order valence-electron chi connectivity index (χ1n) is 14.2. The number of piperazine rings is 1. The molecule has 42 heavy (non-hydrogen) atoms. The first-order chi connectivity index (χ1) is 20.6. The van der Waals surface area contributed by atoms with Gasteiger partial charge in [-0.05, 0) is 60.2 Å². The molecule has 1 fully saturated rings. The van der Waals surface area contributed by atoms with E-state index in [0.717, 1.165) is 66.8 Å². The highest BCUT2D eigenvalue weighted by atomic mass is 35.5. The summed E-state index contributed by atoms with van der Waals surface area (Å²) >= 11 is 8.02. The number of aliphatic imine (C=N–C) groups is 1. The van der Waals surface area contributed by atoms with Gasteiger partial charge in [0, 0.05) is 50.0 Å². The third kappa shape index (κ3) is 6.46. The Hall–Kier alpha value is -3.85. The first kappa shape index (κ1) is 28.3. The van der Waals surface area contributed by atoms with Crippen LogP contribution in [0.2, 0.25) is 5.02 Å². The van der Waals surface area contributed by atoms with Crippen LogP contribution in [-0.2, 0) is 11.3 Å². The molecular weight excluding hydrogens is 566 g/mol. The van der Waals surface area contributed by atoms with Gasteiger partial charge in [-0.2, -0.15) is 10.1 Å². The SMILES string of the molecule is CCCOc1ccc(-c2nn(-c3ccccc3)cc2C=C2SC(N3CCN(Cc4ccccc4)CC3)=NC2=O)cc1Cl. The zero-order valence-electron chi connectivity index (χ0n) is 23.4. The Morgan fingerprint density at radius 2 is 1.71 bits per heavy atom. The van der Waals surface area contributed by atoms with E-state index in [1.165, 1.54) is 17.3 Å². The number of hydrogen-bond acceptors (Lipinski definition) is 6. The largest absolute Gasteiger partial charge is 0.492 e. The molecule has 0 N–H and O–H groups in total. The summed E-state index contributed by atoms with van der Waals surface area (Å²) in [6.45, 7) is 7.11. The third-order valence-electron chi connectivity index (χ3n) is 7.22. The number of ether oxygens (including phenoxy) is 1. The van der Waals surface area contributed by atoms with E-state index in [9.17, 15) is 4.79 Å². The van der Waals surface area contributed by atoms with Gasteiger partial charge < -0.3 is 9.64 Å². The van der Waals surface area contributed by atoms with Crippen molar-refractivity contribution in [2.45, 2.75) is 19.9 Å². The Morgan fingerprint density at radius 3 is 2.43 bits per heavy atom. The van der Waals surface area contributed by atoms with Gasteiger partial charge in [0.1, 0.15) is 11.4 Å². The molecule has 9 heteroatoms. The fraction of sp³-hybridized carbons (Fsp3) is 0.242. The Kier molecular flexibility index (Phi) is 8.74. The average molecular weight is 598 g/mol. The van der Waals surface area contributed by atoms with Gasteiger partial charge in [-0.25, -0.2) is 4.68 Å². The van der Waals surface area contributed by atoms with Crippen molar-refractivity contribution < 1.29 is 9.53 Å². The number of para-hydroxylation sites is 1. The smallest absolute Gasteiger partial charge is 0.286 e. The number of halogens is 1. The lowest BCUT2D eigenvalue weighted by Crippen LogP contribution is -2.47. The van der Waals surface area contributed by atoms with Crippen molar-refractivity contribution >= 4 is 40.5 Å². The molecule has 1 saturated heterocycles. The summed E-state index contributed by atoms with van der Waals surface area (Å²) in [5.41, 5.74) is 4.63. The minimum Gasteiger partial charge on any atom is -0.492 e. The third-order valence-corrected chi connectivity index (χ3v) is 8.56. The fourth-order valence-electron chi connectivity index (χ4n) is 5.02. The number of nitrogens with zero attached hydrogens (tertiary/aromatic N) is 5. The summed E-state index contributed by atoms with van der Waals surface area (Å²) in [6, 6.07) is 26.1. The lowest BCUT2D eigenvalue weighted by Gasteiger charge is -2.35. The average Bonchev–Trinajstić information content (AvgIpc) is 3.61. The summed E-state index contributed by atoms with van der Waals surface area (Å²) in [5.74, 6) is 0.426. The molecule has 6 rings (SSSR count). The standard InChI is InChI=1S/C33H32ClN5O2S/c1-2-19-41-29-14-13-25(20-28(29)34)31-26(23-39(36-31)27-11-7-4-8-12-27)21-30-32(40)35-33(42-30)38-17-15-37(16-18-38)22-24-9-5-3-6-10-24/h3-14,20-21,23H,2,15-19,22H2,1H3. The molecular formula is C33H32ClN5O2S. The number of aromatic nitrogens is 2. The van der Waals surface area contributed by atoms with E-state index >= 15 is 0 Å². The van der Waals surface area contributed by atoms with Gasteiger partial charge in [0.05, 0.1) is 22.2 Å². The van der Waals surface area contributed by atoms with E-state index < -0.39 is 0 Å². The molecule has 214 valence electrons. The molecule has 7 nitrogen and oxygen atoms in total. The topological polar surface area (TPSA) is 63.0 Å². The molecule has 0 radical (unpaired) electrons. The van der Waals surface area contributed by atoms with Crippen molar-refractivity contribution in [3.63, 3.8) is 0 Å². The van der Waals surface area contributed by atoms with Crippen molar-refractivity contribution in [2.75, 3.05) is 32.8 Å². The normalized spacial score (nSPS) is 16.7. The van der Waals surface area contributed by atoms with Crippen LogP contribution in [0.4, 0.5) is 0 Å². The predicted molar refractivity (Wildman–Crippen MR) is 171 cm³/mol. The second kappa shape index (κ2) is 13.0. The van der Waals surface area contributed by atoms with Gasteiger partial charge in [0.15, 0.2) is 5.17 Å². The van der Waals surface area contributed by atoms with Crippen molar-refractivity contribution in [3.05, 3.63) is 106 Å². The van der Waals surface area contributed by atoms with Crippen LogP contribution in [0.1, 0.15) is 24.5 Å². The Morgan fingerprint density at radius 1 is 0.976 bits per heavy atom. The molecule has 2 aliphatic rings. The molecule has 0 saturated carbocycles. The molecule has 4 aromatic rings. The lowest BCUT2D eigenvalue weighted by molar-refractivity contribution is -0.113. The number of benzene rings is 3. The number of carbonyl (C=O) groups is 1. The Balaban J connectivity index is 1.22. The minimum atomic E-state index is -0.221. The Labute approximate surface area is 255 Å². The second-order valence-electron chi connectivity index (χ2n) is 10.3. The molecule has 3 aromatic carbocycles. The first-order valence-corrected chi connectivity index (χ1v) is 15.4. The fourth-order valence-corrected chi connectivity index (χ4v) is 6.21. The second-order valence-corrected chi connectivity index (χ2v) is 11.7. The monoisotopic (exact) mass is 597 g/mol. The highest BCUT2D eigenvalue weighted by Crippen LogP contribution is 2.36. The maximum absolute atomic E-state index is 13.1. The molecule has 2 aliphatic heterocycles. The molecule has 1 amide bonds. The summed E-state index contributed by atoms with van der Waals surface area (Å²) in [5, 5.41) is 6.19. The van der Waals surface area contributed by atoms with E-state index in [1.807, 2.05) is 71.6 Å². The molecule has 0 bridgehead atoms. The van der Waals surface area contributed by atoms with Crippen molar-refractivity contribution in [1.29, 1.82) is 0 Å². The van der Waals surface area contributed by atoms with Crippen LogP contribution in [0.5, 0.6) is 5.75 Å². The van der Waals surface area contributed by atoms with E-state index in [1.54, 1.807) is 0 Å². The molecule has 1 aromatic heterocycles. The molecule has 0 aliphatic carbocycles. The molecule has 0 atom stereocenters. The zero-order chi connectivity index (χ0) is 28.9. The number of amides is 1. The quantitative estimate of drug-likeness (QED) is 0.209. The van der Waals surface area contributed by atoms with Gasteiger partial charge in [0.25, 0.3) is 5.91 Å². The lowest BCUT2D eigenvalue weighted by atomic mass is 10.1. The number of hydrogen-bond donors (Lipinski definition) is 0. The van der Waals surface area contributed by atoms with Crippen LogP contribution >= 0.6 is 23.4 Å². The van der Waals surface area contributed by atoms with Gasteiger partial charge in [0.2, 0.25) is 0 Å². The predicted octanol–water partition coefficient (Wildman–Crippen LogP) is 6.77. The highest BCUT2D eigenvalue weighted by Gasteiger charge is 2.29. The molecule has 0 unspecified atom stereocenters. The highest BCUT2D eigenvalue weighted by molar-refractivity contribution is 8.18. The van der Waals surface area contributed by atoms with E-state index in [4.69, 9.17) is 21.4 Å². The number of carbonyl (C=O) groups excluding carboxylic acids is 1. The molecule has 3 heterocycles. The van der Waals surface area contributed by atoms with Crippen molar-refractivity contribution in [2.24, 2.45) is 4.99 Å². The summed E-state index contributed by atoms with van der Waals surface area (Å²) in [7, 11) is 0. The van der Waals surface area contributed by atoms with Gasteiger partial charge in [-0.15, -0.1) is 0 Å². The van der Waals surface area contributed by atoms with Crippen LogP contribution in [0, 0.1) is 0 Å². The number of amidine groups is 1. The summed E-state index contributed by atoms with van der Waals surface area (Å²) < 4.78 is 7.60. The van der Waals surface area contributed by atoms with Crippen LogP contribution in [0.15, 0.2) is 95.0 Å². The van der Waals surface area contributed by atoms with Crippen LogP contribution in [0.25, 0.3) is 23.0 Å². The number of thioether (sulfide) groups is 1. The zero-order valence-corrected chi connectivity index (χ0v) is 25.0. The van der Waals surface area contributed by atoms with Gasteiger partial charge >= 0.3 is 0 Å². The summed E-state index contributed by atoms with van der Waals surface area (Å²) in [6.07, 6.45) is 4.74. The maximum Gasteiger partial charge on any atom is 0.286 e. The minimum absolute atomic E-state index is 0.221. The Bertz CT molecular complexity index is 1610. The van der Waals surface area contributed by atoms with Crippen LogP contribution in [-0.4, -0.2) is 63.4 Å². The van der Waals surface area contributed by atoms with Crippen molar-refractivity contribution in [1.82, 2.24) is 19.6 Å². The summed E-state index contributed by atoms with van der Waals surface area (Å²) in [4.78, 5) is 22.8. The van der Waals surface area contributed by atoms with Gasteiger partial charge in [-0.3, -0.25) is 9.69 Å². The van der Waals surface area contributed by atoms with Crippen molar-refractivity contribution in [3.8, 4) is 22.7 Å². The van der Waals surface area contributed by atoms with Gasteiger partial charge in [-0.1, -0.05) is 67.1 Å². The number of rotatable bonds is 8. The maximum atomic E-state index is 13.1. The van der Waals surface area contributed by atoms with E-state index in [0.29, 0.717) is 22.3 Å². The van der Waals surface area contributed by atoms with Crippen LogP contribution < -0.4 is 4.74 Å².